The number of nitrogens with zero attached hydrogens (tertiary/aromatic N) is 7. The monoisotopic (exact) mass is 445 g/mol. The molecule has 3 aromatic heterocycles. The Morgan fingerprint density at radius 2 is 2.21 bits per heavy atom. The molecular formula is C21H19N9O3. The lowest BCUT2D eigenvalue weighted by Gasteiger charge is -2.37. The molecule has 12 heteroatoms. The average molecular weight is 445 g/mol. The van der Waals surface area contributed by atoms with Crippen LogP contribution in [0.3, 0.4) is 0 Å². The molecule has 0 unspecified atom stereocenters. The van der Waals surface area contributed by atoms with Crippen molar-refractivity contribution in [1.82, 2.24) is 24.7 Å². The van der Waals surface area contributed by atoms with Crippen LogP contribution in [0, 0.1) is 11.3 Å². The fourth-order valence-corrected chi connectivity index (χ4v) is 3.54. The Hall–Kier alpha value is -4.66. The Morgan fingerprint density at radius 3 is 2.94 bits per heavy atom. The minimum Gasteiger partial charge on any atom is -0.479 e. The molecule has 0 bridgehead atoms. The largest absolute Gasteiger partial charge is 0.479 e. The van der Waals surface area contributed by atoms with E-state index in [0.29, 0.717) is 47.3 Å². The summed E-state index contributed by atoms with van der Waals surface area (Å²) in [7, 11) is 1.79. The molecule has 0 atom stereocenters. The second-order valence-electron chi connectivity index (χ2n) is 7.56. The molecule has 1 aliphatic rings. The van der Waals surface area contributed by atoms with Crippen LogP contribution in [0.15, 0.2) is 41.2 Å². The molecule has 1 fully saturated rings. The molecular weight excluding hydrogens is 426 g/mol. The third kappa shape index (κ3) is 3.99. The number of carbonyl (C=O) groups is 1. The number of primary amides is 1. The minimum absolute atomic E-state index is 0.0365. The van der Waals surface area contributed by atoms with Crippen molar-refractivity contribution in [1.29, 1.82) is 5.26 Å². The number of nitrogens with two attached hydrogens (primary N) is 1. The number of carbonyl (C=O) groups excluding carboxylic acids is 1. The van der Waals surface area contributed by atoms with Crippen LogP contribution in [0.4, 0.5) is 17.5 Å². The van der Waals surface area contributed by atoms with Gasteiger partial charge in [0.2, 0.25) is 0 Å². The lowest BCUT2D eigenvalue weighted by molar-refractivity contribution is 0.0995. The first kappa shape index (κ1) is 20.3. The zero-order valence-electron chi connectivity index (χ0n) is 17.6. The van der Waals surface area contributed by atoms with E-state index >= 15 is 0 Å². The van der Waals surface area contributed by atoms with E-state index in [1.807, 2.05) is 11.0 Å². The maximum atomic E-state index is 12.0. The molecule has 4 heterocycles. The number of nitriles is 1. The van der Waals surface area contributed by atoms with Gasteiger partial charge in [-0.1, -0.05) is 0 Å². The second-order valence-corrected chi connectivity index (χ2v) is 7.56. The van der Waals surface area contributed by atoms with E-state index in [1.165, 1.54) is 0 Å². The third-order valence-electron chi connectivity index (χ3n) is 5.21. The Bertz CT molecular complexity index is 1380. The molecule has 12 nitrogen and oxygen atoms in total. The lowest BCUT2D eigenvalue weighted by Crippen LogP contribution is -2.45. The summed E-state index contributed by atoms with van der Waals surface area (Å²) in [6.45, 7) is 1.17. The summed E-state index contributed by atoms with van der Waals surface area (Å²) in [4.78, 5) is 27.3. The van der Waals surface area contributed by atoms with Gasteiger partial charge in [-0.25, -0.2) is 9.97 Å². The van der Waals surface area contributed by atoms with Crippen LogP contribution in [-0.2, 0) is 7.05 Å². The number of oxazole rings is 1. The van der Waals surface area contributed by atoms with E-state index in [-0.39, 0.29) is 24.0 Å². The summed E-state index contributed by atoms with van der Waals surface area (Å²) in [6.07, 6.45) is 5.00. The van der Waals surface area contributed by atoms with Crippen LogP contribution in [0.25, 0.3) is 11.1 Å². The second kappa shape index (κ2) is 8.12. The average Bonchev–Trinajstić information content (AvgIpc) is 3.37. The van der Waals surface area contributed by atoms with Gasteiger partial charge in [-0.15, -0.1) is 0 Å². The normalized spacial score (nSPS) is 13.5. The van der Waals surface area contributed by atoms with E-state index in [9.17, 15) is 4.79 Å². The molecule has 1 amide bonds. The summed E-state index contributed by atoms with van der Waals surface area (Å²) in [5.41, 5.74) is 8.22. The van der Waals surface area contributed by atoms with Crippen molar-refractivity contribution in [3.63, 3.8) is 0 Å². The van der Waals surface area contributed by atoms with Crippen molar-refractivity contribution in [3.8, 4) is 11.8 Å². The Kier molecular flexibility index (Phi) is 4.98. The molecule has 0 saturated carbocycles. The summed E-state index contributed by atoms with van der Waals surface area (Å²) >= 11 is 0. The van der Waals surface area contributed by atoms with E-state index in [2.05, 4.69) is 25.4 Å². The molecule has 0 aliphatic carbocycles. The van der Waals surface area contributed by atoms with Crippen LogP contribution < -0.4 is 20.7 Å². The van der Waals surface area contributed by atoms with Gasteiger partial charge in [0.1, 0.15) is 17.3 Å². The van der Waals surface area contributed by atoms with Crippen molar-refractivity contribution >= 4 is 34.5 Å². The first-order valence-corrected chi connectivity index (χ1v) is 10.1. The number of aryl methyl sites for hydroxylation is 1. The van der Waals surface area contributed by atoms with E-state index in [4.69, 9.17) is 20.1 Å². The third-order valence-corrected chi connectivity index (χ3v) is 5.21. The minimum atomic E-state index is -0.666. The first-order chi connectivity index (χ1) is 16.0. The predicted molar refractivity (Wildman–Crippen MR) is 117 cm³/mol. The molecule has 1 aliphatic heterocycles. The summed E-state index contributed by atoms with van der Waals surface area (Å²) in [6, 6.07) is 7.65. The number of fused-ring (bicyclic) bond motifs is 1. The highest BCUT2D eigenvalue weighted by atomic mass is 16.5. The summed E-state index contributed by atoms with van der Waals surface area (Å²) in [5.74, 6) is 0.208. The van der Waals surface area contributed by atoms with Gasteiger partial charge in [-0.3, -0.25) is 9.48 Å². The molecule has 4 aromatic rings. The first-order valence-electron chi connectivity index (χ1n) is 10.1. The molecule has 0 radical (unpaired) electrons. The number of anilines is 3. The molecule has 5 rings (SSSR count). The number of hydrogen-bond acceptors (Lipinski definition) is 10. The van der Waals surface area contributed by atoms with Crippen molar-refractivity contribution in [2.24, 2.45) is 12.8 Å². The quantitative estimate of drug-likeness (QED) is 0.428. The fourth-order valence-electron chi connectivity index (χ4n) is 3.54. The SMILES string of the molecule is Cn1cc(Nc2ncc(C3CN(c4nc5ccc(OCC#N)cc5o4)C3)nc2C(N)=O)cn1. The van der Waals surface area contributed by atoms with E-state index < -0.39 is 5.91 Å². The maximum Gasteiger partial charge on any atom is 0.298 e. The smallest absolute Gasteiger partial charge is 0.298 e. The Morgan fingerprint density at radius 1 is 1.36 bits per heavy atom. The standard InChI is InChI=1S/C21H19N9O3/c1-29-11-13(7-25-29)26-20-18(19(23)31)27-16(8-24-20)12-9-30(10-12)21-28-15-3-2-14(32-5-4-22)6-17(15)33-21/h2-3,6-8,11-12H,5,9-10H2,1H3,(H2,23,31)(H,24,26). The molecule has 33 heavy (non-hydrogen) atoms. The molecule has 166 valence electrons. The van der Waals surface area contributed by atoms with Crippen molar-refractivity contribution in [3.05, 3.63) is 48.2 Å². The van der Waals surface area contributed by atoms with Crippen molar-refractivity contribution in [2.75, 3.05) is 29.9 Å². The van der Waals surface area contributed by atoms with Crippen LogP contribution in [0.2, 0.25) is 0 Å². The maximum absolute atomic E-state index is 12.0. The zero-order chi connectivity index (χ0) is 22.9. The number of benzene rings is 1. The number of rotatable bonds is 7. The molecule has 1 saturated heterocycles. The number of ether oxygens (including phenoxy) is 1. The van der Waals surface area contributed by atoms with Gasteiger partial charge in [-0.05, 0) is 12.1 Å². The van der Waals surface area contributed by atoms with Gasteiger partial charge in [0, 0.05) is 38.3 Å². The fraction of sp³-hybridized carbons (Fsp3) is 0.238. The molecule has 0 spiro atoms. The van der Waals surface area contributed by atoms with Crippen LogP contribution in [-0.4, -0.2) is 50.3 Å². The molecule has 3 N–H and O–H groups in total. The van der Waals surface area contributed by atoms with Crippen molar-refractivity contribution in [2.45, 2.75) is 5.92 Å². The number of nitrogens with one attached hydrogen (secondary N) is 1. The Balaban J connectivity index is 1.30. The van der Waals surface area contributed by atoms with E-state index in [1.54, 1.807) is 48.5 Å². The molecule has 1 aromatic carbocycles. The number of hydrogen-bond donors (Lipinski definition) is 2. The summed E-state index contributed by atoms with van der Waals surface area (Å²) < 4.78 is 12.8. The highest BCUT2D eigenvalue weighted by molar-refractivity contribution is 5.96. The van der Waals surface area contributed by atoms with Gasteiger partial charge >= 0.3 is 0 Å². The highest BCUT2D eigenvalue weighted by Crippen LogP contribution is 2.33. The number of amides is 1. The van der Waals surface area contributed by atoms with Crippen LogP contribution in [0.1, 0.15) is 22.1 Å². The van der Waals surface area contributed by atoms with Gasteiger partial charge < -0.3 is 25.1 Å². The zero-order valence-corrected chi connectivity index (χ0v) is 17.6. The van der Waals surface area contributed by atoms with Gasteiger partial charge in [0.15, 0.2) is 23.7 Å². The van der Waals surface area contributed by atoms with Gasteiger partial charge in [0.05, 0.1) is 23.8 Å². The topological polar surface area (TPSA) is 161 Å². The van der Waals surface area contributed by atoms with Crippen LogP contribution >= 0.6 is 0 Å². The van der Waals surface area contributed by atoms with Gasteiger partial charge in [0.25, 0.3) is 11.9 Å². The van der Waals surface area contributed by atoms with Gasteiger partial charge in [-0.2, -0.15) is 15.3 Å². The predicted octanol–water partition coefficient (Wildman–Crippen LogP) is 1.70. The lowest BCUT2D eigenvalue weighted by atomic mass is 9.97. The highest BCUT2D eigenvalue weighted by Gasteiger charge is 2.33. The number of aromatic nitrogens is 5. The summed E-state index contributed by atoms with van der Waals surface area (Å²) in [5, 5.41) is 15.7. The van der Waals surface area contributed by atoms with Crippen LogP contribution in [0.5, 0.6) is 5.75 Å². The van der Waals surface area contributed by atoms with Crippen molar-refractivity contribution < 1.29 is 13.9 Å². The Labute approximate surface area is 187 Å². The van der Waals surface area contributed by atoms with E-state index in [0.717, 1.165) is 0 Å².